The van der Waals surface area contributed by atoms with Crippen molar-refractivity contribution >= 4 is 26.6 Å². The van der Waals surface area contributed by atoms with Gasteiger partial charge in [-0.3, -0.25) is 9.60 Å². The molecule has 30 heavy (non-hydrogen) atoms. The molecular formula is C23H24N2O4S. The van der Waals surface area contributed by atoms with Crippen LogP contribution in [-0.2, 0) is 14.4 Å². The maximum atomic E-state index is 12.7. The average Bonchev–Trinajstić information content (AvgIpc) is 3.11. The summed E-state index contributed by atoms with van der Waals surface area (Å²) >= 11 is 0. The first-order valence-electron chi connectivity index (χ1n) is 10.00. The van der Waals surface area contributed by atoms with Gasteiger partial charge >= 0.3 is 10.1 Å². The minimum Gasteiger partial charge on any atom is -0.469 e. The number of aryl methyl sites for hydroxylation is 1. The van der Waals surface area contributed by atoms with Crippen LogP contribution in [0.25, 0.3) is 10.8 Å². The molecule has 0 saturated heterocycles. The molecular weight excluding hydrogens is 400 g/mol. The zero-order chi connectivity index (χ0) is 21.1. The number of hydrogen-bond donors (Lipinski definition) is 1. The number of hydrogen-bond acceptors (Lipinski definition) is 6. The number of rotatable bonds is 7. The molecule has 0 bridgehead atoms. The van der Waals surface area contributed by atoms with E-state index in [1.165, 1.54) is 12.1 Å². The Bertz CT molecular complexity index is 1190. The molecule has 3 aromatic rings. The van der Waals surface area contributed by atoms with Gasteiger partial charge in [0.2, 0.25) is 0 Å². The van der Waals surface area contributed by atoms with Crippen molar-refractivity contribution in [1.29, 1.82) is 0 Å². The van der Waals surface area contributed by atoms with Gasteiger partial charge in [0.25, 0.3) is 0 Å². The van der Waals surface area contributed by atoms with Gasteiger partial charge in [-0.05, 0) is 48.9 Å². The molecule has 3 aromatic carbocycles. The van der Waals surface area contributed by atoms with E-state index in [1.807, 2.05) is 43.3 Å². The summed E-state index contributed by atoms with van der Waals surface area (Å²) in [7, 11) is -4.04. The molecule has 1 unspecified atom stereocenters. The van der Waals surface area contributed by atoms with Crippen molar-refractivity contribution in [3.63, 3.8) is 0 Å². The second-order valence-electron chi connectivity index (χ2n) is 7.28. The standard InChI is InChI=1S/C23H24N2O4S/c1-3-4-15-24-23-22(25-29-30(26,27)18-12-9-16(2)10-13-18)21-19-8-6-5-7-17(19)11-14-20(21)28-23/h5-14,23-24H,3-4,15H2,1-2H3/b25-22-. The highest BCUT2D eigenvalue weighted by atomic mass is 32.2. The molecule has 156 valence electrons. The fourth-order valence-corrected chi connectivity index (χ4v) is 4.14. The third-order valence-electron chi connectivity index (χ3n) is 5.04. The molecule has 1 heterocycles. The second kappa shape index (κ2) is 8.45. The summed E-state index contributed by atoms with van der Waals surface area (Å²) < 4.78 is 36.5. The first-order chi connectivity index (χ1) is 14.5. The van der Waals surface area contributed by atoms with Gasteiger partial charge in [-0.2, -0.15) is 8.42 Å². The van der Waals surface area contributed by atoms with Crippen LogP contribution < -0.4 is 10.1 Å². The van der Waals surface area contributed by atoms with Crippen LogP contribution in [0.4, 0.5) is 0 Å². The van der Waals surface area contributed by atoms with Crippen LogP contribution in [0.1, 0.15) is 30.9 Å². The molecule has 0 amide bonds. The van der Waals surface area contributed by atoms with Gasteiger partial charge in [0, 0.05) is 0 Å². The highest BCUT2D eigenvalue weighted by molar-refractivity contribution is 7.86. The third kappa shape index (κ3) is 4.04. The molecule has 1 N–H and O–H groups in total. The minimum atomic E-state index is -4.04. The van der Waals surface area contributed by atoms with Crippen molar-refractivity contribution in [1.82, 2.24) is 5.32 Å². The third-order valence-corrected chi connectivity index (χ3v) is 6.16. The van der Waals surface area contributed by atoms with Gasteiger partial charge in [0.15, 0.2) is 6.23 Å². The summed E-state index contributed by atoms with van der Waals surface area (Å²) in [5, 5.41) is 9.34. The SMILES string of the molecule is CCCCNC1Oc2ccc3ccccc3c2/C1=N/OS(=O)(=O)c1ccc(C)cc1. The molecule has 0 spiro atoms. The molecule has 4 rings (SSSR count). The molecule has 0 radical (unpaired) electrons. The van der Waals surface area contributed by atoms with E-state index in [0.29, 0.717) is 11.5 Å². The lowest BCUT2D eigenvalue weighted by Gasteiger charge is -2.13. The lowest BCUT2D eigenvalue weighted by molar-refractivity contribution is 0.236. The Morgan fingerprint density at radius 2 is 1.83 bits per heavy atom. The van der Waals surface area contributed by atoms with Gasteiger partial charge < -0.3 is 4.74 Å². The molecule has 7 heteroatoms. The summed E-state index contributed by atoms with van der Waals surface area (Å²) in [6.45, 7) is 4.71. The van der Waals surface area contributed by atoms with E-state index in [1.54, 1.807) is 12.1 Å². The van der Waals surface area contributed by atoms with Gasteiger partial charge in [-0.25, -0.2) is 0 Å². The second-order valence-corrected chi connectivity index (χ2v) is 8.81. The van der Waals surface area contributed by atoms with Crippen LogP contribution in [0.3, 0.4) is 0 Å². The zero-order valence-corrected chi connectivity index (χ0v) is 17.8. The van der Waals surface area contributed by atoms with Crippen LogP contribution >= 0.6 is 0 Å². The molecule has 1 aliphatic heterocycles. The normalized spacial score (nSPS) is 17.1. The molecule has 6 nitrogen and oxygen atoms in total. The number of benzene rings is 3. The van der Waals surface area contributed by atoms with E-state index in [2.05, 4.69) is 17.4 Å². The predicted octanol–water partition coefficient (Wildman–Crippen LogP) is 4.37. The van der Waals surface area contributed by atoms with Crippen LogP contribution in [-0.4, -0.2) is 26.9 Å². The Morgan fingerprint density at radius 1 is 1.07 bits per heavy atom. The lowest BCUT2D eigenvalue weighted by atomic mass is 10.0. The first kappa shape index (κ1) is 20.4. The minimum absolute atomic E-state index is 0.0602. The van der Waals surface area contributed by atoms with Crippen LogP contribution in [0.15, 0.2) is 70.7 Å². The van der Waals surface area contributed by atoms with Gasteiger partial charge in [0.05, 0.1) is 5.56 Å². The first-order valence-corrected chi connectivity index (χ1v) is 11.4. The van der Waals surface area contributed by atoms with Crippen LogP contribution in [0.5, 0.6) is 5.75 Å². The van der Waals surface area contributed by atoms with Crippen molar-refractivity contribution < 1.29 is 17.4 Å². The molecule has 0 fully saturated rings. The Kier molecular flexibility index (Phi) is 5.74. The molecule has 0 aliphatic carbocycles. The fourth-order valence-electron chi connectivity index (χ4n) is 3.41. The van der Waals surface area contributed by atoms with Gasteiger partial charge in [-0.1, -0.05) is 66.5 Å². The molecule has 0 saturated carbocycles. The Morgan fingerprint density at radius 3 is 2.60 bits per heavy atom. The largest absolute Gasteiger partial charge is 0.469 e. The van der Waals surface area contributed by atoms with E-state index in [9.17, 15) is 8.42 Å². The Balaban J connectivity index is 1.72. The molecule has 1 atom stereocenters. The van der Waals surface area contributed by atoms with Crippen LogP contribution in [0.2, 0.25) is 0 Å². The van der Waals surface area contributed by atoms with Crippen molar-refractivity contribution in [3.05, 3.63) is 71.8 Å². The Labute approximate surface area is 176 Å². The summed E-state index contributed by atoms with van der Waals surface area (Å²) in [5.74, 6) is 0.651. The Hall–Kier alpha value is -2.90. The highest BCUT2D eigenvalue weighted by Crippen LogP contribution is 2.35. The summed E-state index contributed by atoms with van der Waals surface area (Å²) in [6, 6.07) is 18.2. The maximum absolute atomic E-state index is 12.7. The average molecular weight is 425 g/mol. The number of fused-ring (bicyclic) bond motifs is 3. The highest BCUT2D eigenvalue weighted by Gasteiger charge is 2.33. The van der Waals surface area contributed by atoms with Crippen molar-refractivity contribution in [2.24, 2.45) is 5.16 Å². The number of nitrogens with zero attached hydrogens (tertiary/aromatic N) is 1. The van der Waals surface area contributed by atoms with E-state index in [4.69, 9.17) is 9.02 Å². The van der Waals surface area contributed by atoms with Crippen molar-refractivity contribution in [2.75, 3.05) is 6.54 Å². The smallest absolute Gasteiger partial charge is 0.358 e. The fraction of sp³-hybridized carbons (Fsp3) is 0.261. The van der Waals surface area contributed by atoms with Crippen molar-refractivity contribution in [2.45, 2.75) is 37.8 Å². The summed E-state index contributed by atoms with van der Waals surface area (Å²) in [5.41, 5.74) is 2.14. The van der Waals surface area contributed by atoms with Crippen LogP contribution in [0, 0.1) is 6.92 Å². The quantitative estimate of drug-likeness (QED) is 0.450. The zero-order valence-electron chi connectivity index (χ0n) is 17.0. The van der Waals surface area contributed by atoms with E-state index >= 15 is 0 Å². The lowest BCUT2D eigenvalue weighted by Crippen LogP contribution is -2.38. The number of oxime groups is 1. The number of nitrogens with one attached hydrogen (secondary N) is 1. The molecule has 1 aliphatic rings. The molecule has 0 aromatic heterocycles. The monoisotopic (exact) mass is 424 g/mol. The topological polar surface area (TPSA) is 77.0 Å². The van der Waals surface area contributed by atoms with E-state index < -0.39 is 16.3 Å². The predicted molar refractivity (Wildman–Crippen MR) is 117 cm³/mol. The van der Waals surface area contributed by atoms with E-state index in [-0.39, 0.29) is 4.90 Å². The van der Waals surface area contributed by atoms with Gasteiger partial charge in [0.1, 0.15) is 16.4 Å². The summed E-state index contributed by atoms with van der Waals surface area (Å²) in [6.07, 6.45) is 1.42. The maximum Gasteiger partial charge on any atom is 0.358 e. The van der Waals surface area contributed by atoms with Gasteiger partial charge in [-0.15, -0.1) is 0 Å². The van der Waals surface area contributed by atoms with E-state index in [0.717, 1.165) is 41.3 Å². The number of unbranched alkanes of at least 4 members (excludes halogenated alkanes) is 1. The summed E-state index contributed by atoms with van der Waals surface area (Å²) in [4.78, 5) is 0.0602. The van der Waals surface area contributed by atoms with Crippen molar-refractivity contribution in [3.8, 4) is 5.75 Å². The number of ether oxygens (including phenoxy) is 1.